The number of aryl methyl sites for hydroxylation is 2. The van der Waals surface area contributed by atoms with Crippen molar-refractivity contribution in [3.63, 3.8) is 0 Å². The summed E-state index contributed by atoms with van der Waals surface area (Å²) < 4.78 is 4.86. The van der Waals surface area contributed by atoms with Gasteiger partial charge >= 0.3 is 5.97 Å². The van der Waals surface area contributed by atoms with Crippen molar-refractivity contribution in [2.24, 2.45) is 5.92 Å². The molecule has 0 atom stereocenters. The zero-order chi connectivity index (χ0) is 19.5. The van der Waals surface area contributed by atoms with Gasteiger partial charge in [0.2, 0.25) is 5.91 Å². The van der Waals surface area contributed by atoms with Crippen molar-refractivity contribution < 1.29 is 14.3 Å². The van der Waals surface area contributed by atoms with E-state index in [1.165, 1.54) is 28.7 Å². The molecule has 0 spiro atoms. The van der Waals surface area contributed by atoms with Gasteiger partial charge in [0.05, 0.1) is 12.0 Å². The lowest BCUT2D eigenvalue weighted by molar-refractivity contribution is -0.143. The van der Waals surface area contributed by atoms with Gasteiger partial charge in [-0.05, 0) is 51.0 Å². The number of rotatable bonds is 5. The molecular formula is C20H26N4O3S. The summed E-state index contributed by atoms with van der Waals surface area (Å²) in [5.41, 5.74) is 1.44. The predicted molar refractivity (Wildman–Crippen MR) is 109 cm³/mol. The third-order valence-corrected chi connectivity index (χ3v) is 6.81. The molecule has 8 heteroatoms. The van der Waals surface area contributed by atoms with Gasteiger partial charge in [0, 0.05) is 23.9 Å². The van der Waals surface area contributed by atoms with Crippen LogP contribution in [0, 0.1) is 5.92 Å². The van der Waals surface area contributed by atoms with Crippen molar-refractivity contribution in [1.82, 2.24) is 15.3 Å². The summed E-state index contributed by atoms with van der Waals surface area (Å²) in [7, 11) is 0. The molecule has 0 radical (unpaired) electrons. The highest BCUT2D eigenvalue weighted by Gasteiger charge is 2.28. The molecule has 28 heavy (non-hydrogen) atoms. The number of fused-ring (bicyclic) bond motifs is 3. The van der Waals surface area contributed by atoms with Crippen LogP contribution in [0.5, 0.6) is 0 Å². The number of ether oxygens (including phenoxy) is 1. The van der Waals surface area contributed by atoms with E-state index < -0.39 is 0 Å². The summed E-state index contributed by atoms with van der Waals surface area (Å²) in [6, 6.07) is 0. The van der Waals surface area contributed by atoms with E-state index in [1.807, 2.05) is 11.3 Å². The average Bonchev–Trinajstić information content (AvgIpc) is 3.11. The number of aromatic nitrogens is 2. The van der Waals surface area contributed by atoms with E-state index in [0.717, 1.165) is 49.4 Å². The maximum atomic E-state index is 12.4. The average molecular weight is 403 g/mol. The zero-order valence-electron chi connectivity index (χ0n) is 16.2. The summed E-state index contributed by atoms with van der Waals surface area (Å²) in [4.78, 5) is 37.8. The van der Waals surface area contributed by atoms with Gasteiger partial charge in [-0.15, -0.1) is 11.3 Å². The number of esters is 1. The van der Waals surface area contributed by atoms with Gasteiger partial charge < -0.3 is 15.0 Å². The summed E-state index contributed by atoms with van der Waals surface area (Å²) >= 11 is 1.81. The molecule has 3 heterocycles. The molecule has 0 bridgehead atoms. The standard InChI is InChI=1S/C20H26N4O3S/c1-2-27-16(25)11-21-19(26)13-7-9-24(10-8-13)18-17-14-5-3-4-6-15(14)28-20(17)23-12-22-18/h12-13H,2-11H2,1H3,(H,21,26). The molecule has 7 nitrogen and oxygen atoms in total. The predicted octanol–water partition coefficient (Wildman–Crippen LogP) is 2.47. The Labute approximate surface area is 168 Å². The van der Waals surface area contributed by atoms with Crippen LogP contribution >= 0.6 is 11.3 Å². The minimum absolute atomic E-state index is 0.0551. The van der Waals surface area contributed by atoms with E-state index in [4.69, 9.17) is 4.74 Å². The van der Waals surface area contributed by atoms with Crippen LogP contribution < -0.4 is 10.2 Å². The van der Waals surface area contributed by atoms with Gasteiger partial charge in [0.25, 0.3) is 0 Å². The van der Waals surface area contributed by atoms with Crippen LogP contribution in [0.1, 0.15) is 43.0 Å². The number of anilines is 1. The largest absolute Gasteiger partial charge is 0.465 e. The van der Waals surface area contributed by atoms with E-state index in [-0.39, 0.29) is 24.3 Å². The minimum atomic E-state index is -0.390. The van der Waals surface area contributed by atoms with E-state index >= 15 is 0 Å². The van der Waals surface area contributed by atoms with E-state index in [2.05, 4.69) is 20.2 Å². The molecule has 1 amide bonds. The van der Waals surface area contributed by atoms with Crippen molar-refractivity contribution in [3.8, 4) is 0 Å². The Balaban J connectivity index is 1.42. The second-order valence-corrected chi connectivity index (χ2v) is 8.46. The van der Waals surface area contributed by atoms with Crippen LogP contribution in [0.3, 0.4) is 0 Å². The maximum absolute atomic E-state index is 12.4. The lowest BCUT2D eigenvalue weighted by atomic mass is 9.94. The molecule has 2 aromatic heterocycles. The lowest BCUT2D eigenvalue weighted by Gasteiger charge is -2.32. The SMILES string of the molecule is CCOC(=O)CNC(=O)C1CCN(c2ncnc3sc4c(c23)CCCC4)CC1. The Kier molecular flexibility index (Phi) is 5.75. The molecule has 4 rings (SSSR count). The molecule has 2 aromatic rings. The Morgan fingerprint density at radius 1 is 1.25 bits per heavy atom. The number of carbonyl (C=O) groups excluding carboxylic acids is 2. The Bertz CT molecular complexity index is 874. The van der Waals surface area contributed by atoms with Gasteiger partial charge in [0.15, 0.2) is 0 Å². The first-order chi connectivity index (χ1) is 13.7. The highest BCUT2D eigenvalue weighted by molar-refractivity contribution is 7.19. The van der Waals surface area contributed by atoms with Crippen molar-refractivity contribution >= 4 is 39.2 Å². The summed E-state index contributed by atoms with van der Waals surface area (Å²) in [6.07, 6.45) is 7.93. The van der Waals surface area contributed by atoms with Crippen molar-refractivity contribution in [2.75, 3.05) is 31.1 Å². The quantitative estimate of drug-likeness (QED) is 0.774. The number of nitrogens with one attached hydrogen (secondary N) is 1. The van der Waals surface area contributed by atoms with Crippen LogP contribution in [0.15, 0.2) is 6.33 Å². The Hall–Kier alpha value is -2.22. The summed E-state index contributed by atoms with van der Waals surface area (Å²) in [5.74, 6) is 0.501. The number of piperidine rings is 1. The first kappa shape index (κ1) is 19.1. The van der Waals surface area contributed by atoms with Gasteiger partial charge in [-0.25, -0.2) is 9.97 Å². The van der Waals surface area contributed by atoms with Crippen LogP contribution in [0.25, 0.3) is 10.2 Å². The first-order valence-electron chi connectivity index (χ1n) is 10.1. The number of hydrogen-bond donors (Lipinski definition) is 1. The zero-order valence-corrected chi connectivity index (χ0v) is 17.0. The molecular weight excluding hydrogens is 376 g/mol. The normalized spacial score (nSPS) is 17.4. The van der Waals surface area contributed by atoms with E-state index in [1.54, 1.807) is 13.3 Å². The van der Waals surface area contributed by atoms with Gasteiger partial charge in [-0.3, -0.25) is 9.59 Å². The smallest absolute Gasteiger partial charge is 0.325 e. The Morgan fingerprint density at radius 3 is 2.82 bits per heavy atom. The fourth-order valence-corrected chi connectivity index (χ4v) is 5.41. The molecule has 150 valence electrons. The number of amides is 1. The second-order valence-electron chi connectivity index (χ2n) is 7.37. The number of nitrogens with zero attached hydrogens (tertiary/aromatic N) is 3. The third-order valence-electron chi connectivity index (χ3n) is 5.61. The Morgan fingerprint density at radius 2 is 2.04 bits per heavy atom. The van der Waals surface area contributed by atoms with Gasteiger partial charge in [-0.2, -0.15) is 0 Å². The number of thiophene rings is 1. The van der Waals surface area contributed by atoms with Crippen molar-refractivity contribution in [2.45, 2.75) is 45.4 Å². The summed E-state index contributed by atoms with van der Waals surface area (Å²) in [6.45, 7) is 3.60. The van der Waals surface area contributed by atoms with Crippen LogP contribution in [0.4, 0.5) is 5.82 Å². The van der Waals surface area contributed by atoms with Gasteiger partial charge in [-0.1, -0.05) is 0 Å². The lowest BCUT2D eigenvalue weighted by Crippen LogP contribution is -2.42. The third kappa shape index (κ3) is 3.83. The maximum Gasteiger partial charge on any atom is 0.325 e. The van der Waals surface area contributed by atoms with Crippen LogP contribution in [-0.2, 0) is 27.2 Å². The minimum Gasteiger partial charge on any atom is -0.465 e. The molecule has 1 N–H and O–H groups in total. The topological polar surface area (TPSA) is 84.4 Å². The molecule has 2 aliphatic rings. The highest BCUT2D eigenvalue weighted by Crippen LogP contribution is 2.39. The van der Waals surface area contributed by atoms with Crippen LogP contribution in [-0.4, -0.2) is 48.1 Å². The fourth-order valence-electron chi connectivity index (χ4n) is 4.18. The van der Waals surface area contributed by atoms with E-state index in [9.17, 15) is 9.59 Å². The highest BCUT2D eigenvalue weighted by atomic mass is 32.1. The molecule has 0 aromatic carbocycles. The molecule has 1 aliphatic heterocycles. The fraction of sp³-hybridized carbons (Fsp3) is 0.600. The molecule has 0 unspecified atom stereocenters. The van der Waals surface area contributed by atoms with E-state index in [0.29, 0.717) is 6.61 Å². The second kappa shape index (κ2) is 8.43. The molecule has 1 saturated heterocycles. The molecule has 0 saturated carbocycles. The molecule has 1 fully saturated rings. The molecule has 1 aliphatic carbocycles. The number of carbonyl (C=O) groups is 2. The van der Waals surface area contributed by atoms with Crippen molar-refractivity contribution in [3.05, 3.63) is 16.8 Å². The number of hydrogen-bond acceptors (Lipinski definition) is 7. The summed E-state index contributed by atoms with van der Waals surface area (Å²) in [5, 5.41) is 3.93. The first-order valence-corrected chi connectivity index (χ1v) is 10.9. The monoisotopic (exact) mass is 402 g/mol. The van der Waals surface area contributed by atoms with Crippen LogP contribution in [0.2, 0.25) is 0 Å². The van der Waals surface area contributed by atoms with Gasteiger partial charge in [0.1, 0.15) is 23.5 Å². The van der Waals surface area contributed by atoms with Crippen molar-refractivity contribution in [1.29, 1.82) is 0 Å².